The van der Waals surface area contributed by atoms with Crippen molar-refractivity contribution in [3.8, 4) is 0 Å². The number of anilines is 1. The summed E-state index contributed by atoms with van der Waals surface area (Å²) >= 11 is 2.03. The van der Waals surface area contributed by atoms with E-state index in [2.05, 4.69) is 21.5 Å². The summed E-state index contributed by atoms with van der Waals surface area (Å²) in [6.07, 6.45) is 10.4. The molecule has 2 saturated carbocycles. The Kier molecular flexibility index (Phi) is 5.52. The minimum Gasteiger partial charge on any atom is -0.351 e. The Morgan fingerprint density at radius 2 is 1.97 bits per heavy atom. The molecule has 2 aromatic rings. The summed E-state index contributed by atoms with van der Waals surface area (Å²) in [6.45, 7) is 4.48. The molecule has 156 valence electrons. The van der Waals surface area contributed by atoms with Gasteiger partial charge in [-0.25, -0.2) is 4.98 Å². The van der Waals surface area contributed by atoms with Crippen molar-refractivity contribution in [3.05, 3.63) is 28.7 Å². The van der Waals surface area contributed by atoms with E-state index in [1.165, 1.54) is 31.4 Å². The van der Waals surface area contributed by atoms with E-state index in [4.69, 9.17) is 4.98 Å². The van der Waals surface area contributed by atoms with Crippen LogP contribution in [-0.4, -0.2) is 43.7 Å². The normalized spacial score (nSPS) is 26.2. The van der Waals surface area contributed by atoms with Crippen LogP contribution in [-0.2, 0) is 0 Å². The average molecular weight is 414 g/mol. The molecule has 2 unspecified atom stereocenters. The Morgan fingerprint density at radius 3 is 2.69 bits per heavy atom. The molecule has 6 nitrogen and oxygen atoms in total. The number of aromatic nitrogens is 3. The van der Waals surface area contributed by atoms with Gasteiger partial charge in [-0.05, 0) is 56.4 Å². The lowest BCUT2D eigenvalue weighted by molar-refractivity contribution is 0.357. The van der Waals surface area contributed by atoms with Gasteiger partial charge in [0.2, 0.25) is 5.95 Å². The third-order valence-electron chi connectivity index (χ3n) is 6.79. The zero-order valence-electron chi connectivity index (χ0n) is 17.2. The zero-order chi connectivity index (χ0) is 19.8. The van der Waals surface area contributed by atoms with E-state index < -0.39 is 0 Å². The van der Waals surface area contributed by atoms with Crippen LogP contribution in [0.3, 0.4) is 0 Å². The van der Waals surface area contributed by atoms with Crippen LogP contribution in [0.5, 0.6) is 0 Å². The predicted octanol–water partition coefficient (Wildman–Crippen LogP) is 4.09. The maximum absolute atomic E-state index is 12.7. The number of pyridine rings is 1. The molecule has 3 heterocycles. The Morgan fingerprint density at radius 1 is 1.14 bits per heavy atom. The first-order chi connectivity index (χ1) is 14.2. The Balaban J connectivity index is 1.30. The lowest BCUT2D eigenvalue weighted by Gasteiger charge is -2.31. The van der Waals surface area contributed by atoms with Crippen LogP contribution in [0, 0.1) is 11.8 Å². The van der Waals surface area contributed by atoms with Crippen molar-refractivity contribution in [3.63, 3.8) is 0 Å². The van der Waals surface area contributed by atoms with Crippen LogP contribution in [0.25, 0.3) is 11.0 Å². The van der Waals surface area contributed by atoms with Crippen molar-refractivity contribution >= 4 is 28.9 Å². The Hall–Kier alpha value is -1.60. The number of piperidine rings is 1. The first-order valence-electron chi connectivity index (χ1n) is 11.2. The van der Waals surface area contributed by atoms with Gasteiger partial charge in [0.25, 0.3) is 5.56 Å². The van der Waals surface area contributed by atoms with Gasteiger partial charge >= 0.3 is 0 Å². The van der Waals surface area contributed by atoms with Gasteiger partial charge in [-0.15, -0.1) is 0 Å². The van der Waals surface area contributed by atoms with Gasteiger partial charge in [0.15, 0.2) is 0 Å². The van der Waals surface area contributed by atoms with Crippen molar-refractivity contribution in [1.29, 1.82) is 0 Å². The van der Waals surface area contributed by atoms with Crippen molar-refractivity contribution < 1.29 is 0 Å². The van der Waals surface area contributed by atoms with Crippen LogP contribution in [0.4, 0.5) is 5.95 Å². The molecule has 3 aliphatic rings. The third kappa shape index (κ3) is 4.31. The molecule has 1 saturated heterocycles. The van der Waals surface area contributed by atoms with E-state index in [0.717, 1.165) is 49.3 Å². The summed E-state index contributed by atoms with van der Waals surface area (Å²) in [6, 6.07) is 4.17. The van der Waals surface area contributed by atoms with E-state index in [1.54, 1.807) is 6.07 Å². The highest BCUT2D eigenvalue weighted by Crippen LogP contribution is 2.36. The molecule has 0 spiro atoms. The molecule has 1 aliphatic heterocycles. The molecule has 7 heteroatoms. The molecule has 29 heavy (non-hydrogen) atoms. The second-order valence-corrected chi connectivity index (χ2v) is 10.2. The molecule has 3 fully saturated rings. The smallest absolute Gasteiger partial charge is 0.252 e. The Bertz CT molecular complexity index is 919. The fourth-order valence-corrected chi connectivity index (χ4v) is 5.97. The number of hydrogen-bond donors (Lipinski definition) is 1. The molecule has 1 N–H and O–H groups in total. The monoisotopic (exact) mass is 413 g/mol. The summed E-state index contributed by atoms with van der Waals surface area (Å²) in [5.41, 5.74) is 0.841. The van der Waals surface area contributed by atoms with E-state index in [1.807, 2.05) is 28.8 Å². The van der Waals surface area contributed by atoms with Crippen molar-refractivity contribution in [2.45, 2.75) is 64.0 Å². The topological polar surface area (TPSA) is 63.1 Å². The number of rotatable bonds is 6. The molecule has 0 radical (unpaired) electrons. The van der Waals surface area contributed by atoms with Crippen LogP contribution in [0.2, 0.25) is 0 Å². The molecular weight excluding hydrogens is 382 g/mol. The van der Waals surface area contributed by atoms with Crippen molar-refractivity contribution in [2.75, 3.05) is 24.2 Å². The van der Waals surface area contributed by atoms with Crippen LogP contribution in [0.15, 0.2) is 23.1 Å². The SMILES string of the molecule is CC1CCCC1n1c(=O)ccc2cnc(NC3CCN(SCC4CC4)CC3)nc21. The number of nitrogens with one attached hydrogen (secondary N) is 1. The van der Waals surface area contributed by atoms with Crippen LogP contribution in [0.1, 0.15) is 57.9 Å². The maximum atomic E-state index is 12.7. The molecule has 2 aromatic heterocycles. The fourth-order valence-electron chi connectivity index (χ4n) is 4.75. The van der Waals surface area contributed by atoms with Gasteiger partial charge < -0.3 is 5.32 Å². The summed E-state index contributed by atoms with van der Waals surface area (Å²) in [4.78, 5) is 22.1. The van der Waals surface area contributed by atoms with Gasteiger partial charge in [0.1, 0.15) is 5.65 Å². The number of nitrogens with zero attached hydrogens (tertiary/aromatic N) is 4. The minimum atomic E-state index is 0.0573. The van der Waals surface area contributed by atoms with Crippen molar-refractivity contribution in [1.82, 2.24) is 18.8 Å². The standard InChI is InChI=1S/C22H31N5OS/c1-15-3-2-4-19(15)27-20(28)8-7-17-13-23-22(25-21(17)27)24-18-9-11-26(12-10-18)29-14-16-5-6-16/h7-8,13,15-16,18-19H,2-6,9-12,14H2,1H3,(H,23,24,25). The number of hydrogen-bond acceptors (Lipinski definition) is 6. The molecule has 0 aromatic carbocycles. The lowest BCUT2D eigenvalue weighted by Crippen LogP contribution is -2.36. The second kappa shape index (κ2) is 8.26. The zero-order valence-corrected chi connectivity index (χ0v) is 18.0. The second-order valence-electron chi connectivity index (χ2n) is 9.08. The average Bonchev–Trinajstić information content (AvgIpc) is 3.47. The maximum Gasteiger partial charge on any atom is 0.252 e. The van der Waals surface area contributed by atoms with E-state index in [0.29, 0.717) is 17.9 Å². The summed E-state index contributed by atoms with van der Waals surface area (Å²) in [5, 5.41) is 4.49. The summed E-state index contributed by atoms with van der Waals surface area (Å²) < 4.78 is 4.45. The van der Waals surface area contributed by atoms with E-state index in [-0.39, 0.29) is 11.6 Å². The number of fused-ring (bicyclic) bond motifs is 1. The van der Waals surface area contributed by atoms with Crippen LogP contribution >= 0.6 is 11.9 Å². The van der Waals surface area contributed by atoms with Gasteiger partial charge in [0.05, 0.1) is 0 Å². The third-order valence-corrected chi connectivity index (χ3v) is 8.14. The molecule has 0 bridgehead atoms. The fraction of sp³-hybridized carbons (Fsp3) is 0.682. The highest BCUT2D eigenvalue weighted by atomic mass is 32.2. The van der Waals surface area contributed by atoms with Crippen molar-refractivity contribution in [2.24, 2.45) is 11.8 Å². The molecule has 2 aliphatic carbocycles. The summed E-state index contributed by atoms with van der Waals surface area (Å²) in [7, 11) is 0. The minimum absolute atomic E-state index is 0.0573. The van der Waals surface area contributed by atoms with Gasteiger partial charge in [-0.2, -0.15) is 4.98 Å². The molecular formula is C22H31N5OS. The predicted molar refractivity (Wildman–Crippen MR) is 119 cm³/mol. The molecule has 0 amide bonds. The summed E-state index contributed by atoms with van der Waals surface area (Å²) in [5.74, 6) is 3.44. The highest BCUT2D eigenvalue weighted by molar-refractivity contribution is 7.97. The van der Waals surface area contributed by atoms with E-state index >= 15 is 0 Å². The van der Waals surface area contributed by atoms with Crippen LogP contribution < -0.4 is 10.9 Å². The lowest BCUT2D eigenvalue weighted by atomic mass is 10.1. The van der Waals surface area contributed by atoms with E-state index in [9.17, 15) is 4.79 Å². The molecule has 5 rings (SSSR count). The Labute approximate surface area is 176 Å². The highest BCUT2D eigenvalue weighted by Gasteiger charge is 2.28. The van der Waals surface area contributed by atoms with Gasteiger partial charge in [-0.1, -0.05) is 25.3 Å². The quantitative estimate of drug-likeness (QED) is 0.720. The molecule has 2 atom stereocenters. The van der Waals surface area contributed by atoms with Gasteiger partial charge in [0, 0.05) is 48.6 Å². The first-order valence-corrected chi connectivity index (χ1v) is 12.1. The van der Waals surface area contributed by atoms with Gasteiger partial charge in [-0.3, -0.25) is 13.7 Å². The first kappa shape index (κ1) is 19.4. The largest absolute Gasteiger partial charge is 0.351 e.